The first-order valence-electron chi connectivity index (χ1n) is 27.8. The molecule has 16 aromatic rings. The molecule has 82 heavy (non-hydrogen) atoms. The lowest BCUT2D eigenvalue weighted by Crippen LogP contribution is -1.94. The van der Waals surface area contributed by atoms with Crippen molar-refractivity contribution in [1.29, 1.82) is 0 Å². The average molecular weight is 1050 g/mol. The first-order chi connectivity index (χ1) is 40.4. The molecule has 4 heterocycles. The minimum absolute atomic E-state index is 0.586. The van der Waals surface area contributed by atoms with Crippen LogP contribution >= 0.6 is 0 Å². The molecule has 0 bridgehead atoms. The van der Waals surface area contributed by atoms with Gasteiger partial charge in [0.25, 0.3) is 0 Å². The van der Waals surface area contributed by atoms with Gasteiger partial charge in [-0.05, 0) is 191 Å². The Kier molecular flexibility index (Phi) is 10.9. The molecule has 0 saturated carbocycles. The van der Waals surface area contributed by atoms with Crippen molar-refractivity contribution in [2.75, 3.05) is 0 Å². The maximum atomic E-state index is 6.66. The van der Waals surface area contributed by atoms with Gasteiger partial charge in [0.15, 0.2) is 11.2 Å². The summed E-state index contributed by atoms with van der Waals surface area (Å²) in [5.74, 6) is 1.19. The zero-order valence-electron chi connectivity index (χ0n) is 45.0. The number of fused-ring (bicyclic) bond motifs is 8. The van der Waals surface area contributed by atoms with E-state index in [-0.39, 0.29) is 0 Å². The van der Waals surface area contributed by atoms with E-state index in [1.54, 1.807) is 0 Å². The number of benzene rings is 12. The van der Waals surface area contributed by atoms with Gasteiger partial charge in [-0.1, -0.05) is 157 Å². The summed E-state index contributed by atoms with van der Waals surface area (Å²) in [6, 6.07) is 95.6. The van der Waals surface area contributed by atoms with Gasteiger partial charge >= 0.3 is 0 Å². The molecule has 0 radical (unpaired) electrons. The Hall–Kier alpha value is -10.8. The number of nitrogens with zero attached hydrogens (tertiary/aromatic N) is 4. The Morgan fingerprint density at radius 2 is 0.671 bits per heavy atom. The Morgan fingerprint density at radius 1 is 0.268 bits per heavy atom. The third-order valence-corrected chi connectivity index (χ3v) is 16.3. The van der Waals surface area contributed by atoms with Crippen LogP contribution in [0.5, 0.6) is 0 Å². The van der Waals surface area contributed by atoms with Crippen molar-refractivity contribution in [2.45, 2.75) is 13.8 Å². The van der Waals surface area contributed by atoms with Crippen LogP contribution in [0.15, 0.2) is 276 Å². The number of aryl methyl sites for hydroxylation is 2. The number of hydrogen-bond donors (Lipinski definition) is 0. The van der Waals surface area contributed by atoms with E-state index < -0.39 is 0 Å². The molecule has 6 heteroatoms. The fourth-order valence-electron chi connectivity index (χ4n) is 12.2. The zero-order chi connectivity index (χ0) is 54.4. The van der Waals surface area contributed by atoms with Crippen molar-refractivity contribution in [3.05, 3.63) is 278 Å². The lowest BCUT2D eigenvalue weighted by Gasteiger charge is -2.10. The van der Waals surface area contributed by atoms with Crippen LogP contribution in [0.3, 0.4) is 0 Å². The fourth-order valence-corrected chi connectivity index (χ4v) is 12.2. The van der Waals surface area contributed by atoms with E-state index in [0.29, 0.717) is 11.8 Å². The van der Waals surface area contributed by atoms with Crippen molar-refractivity contribution < 1.29 is 8.83 Å². The Balaban J connectivity index is 0.740. The van der Waals surface area contributed by atoms with Gasteiger partial charge in [-0.15, -0.1) is 0 Å². The summed E-state index contributed by atoms with van der Waals surface area (Å²) in [5.41, 5.74) is 25.5. The monoisotopic (exact) mass is 1050 g/mol. The minimum atomic E-state index is 0.586. The Morgan fingerprint density at radius 3 is 1.26 bits per heavy atom. The van der Waals surface area contributed by atoms with Crippen LogP contribution in [-0.2, 0) is 0 Å². The molecule has 16 rings (SSSR count). The maximum absolute atomic E-state index is 6.66. The zero-order valence-corrected chi connectivity index (χ0v) is 45.0. The largest absolute Gasteiger partial charge is 0.436 e. The second kappa shape index (κ2) is 18.9. The fraction of sp³-hybridized carbons (Fsp3) is 0.0263. The average Bonchev–Trinajstić information content (AvgIpc) is 3.75. The second-order valence-electron chi connectivity index (χ2n) is 21.5. The number of rotatable bonds is 9. The molecule has 0 aliphatic heterocycles. The van der Waals surface area contributed by atoms with Gasteiger partial charge in [0.2, 0.25) is 11.8 Å². The minimum Gasteiger partial charge on any atom is -0.436 e. The summed E-state index contributed by atoms with van der Waals surface area (Å²) in [6.45, 7) is 4.27. The van der Waals surface area contributed by atoms with E-state index in [1.165, 1.54) is 49.4 Å². The lowest BCUT2D eigenvalue weighted by molar-refractivity contribution is 0.619. The highest BCUT2D eigenvalue weighted by molar-refractivity contribution is 6.13. The van der Waals surface area contributed by atoms with Crippen LogP contribution in [0, 0.1) is 13.8 Å². The van der Waals surface area contributed by atoms with Crippen LogP contribution in [-0.4, -0.2) is 19.1 Å². The SMILES string of the molecule is Cc1ccc(-n2c3ccc(-c4ccccc4)cc3c3cc(-c4cccc(-c5nc6ccc(-c7cccc(-c8ccc9c(c8)c8cc(-c%10ccccc%10-c%10nc%11ccccc%11o%10)ccc8n9-c8ccc(C)cc8)c7)cc6o5)c4)ccc32)cc1. The summed E-state index contributed by atoms with van der Waals surface area (Å²) in [7, 11) is 0. The first kappa shape index (κ1) is 47.2. The summed E-state index contributed by atoms with van der Waals surface area (Å²) in [4.78, 5) is 9.94. The smallest absolute Gasteiger partial charge is 0.227 e. The molecular formula is C76H50N4O2. The van der Waals surface area contributed by atoms with Gasteiger partial charge in [-0.2, -0.15) is 0 Å². The number of aromatic nitrogens is 4. The van der Waals surface area contributed by atoms with Gasteiger partial charge in [0.1, 0.15) is 11.0 Å². The van der Waals surface area contributed by atoms with Crippen molar-refractivity contribution >= 4 is 65.8 Å². The normalized spacial score (nSPS) is 11.8. The quantitative estimate of drug-likeness (QED) is 0.145. The molecule has 0 fully saturated rings. The molecule has 0 amide bonds. The predicted molar refractivity (Wildman–Crippen MR) is 338 cm³/mol. The summed E-state index contributed by atoms with van der Waals surface area (Å²) >= 11 is 0. The van der Waals surface area contributed by atoms with E-state index in [1.807, 2.05) is 30.3 Å². The number of hydrogen-bond acceptors (Lipinski definition) is 4. The molecule has 0 N–H and O–H groups in total. The number of para-hydroxylation sites is 2. The molecule has 6 nitrogen and oxygen atoms in total. The van der Waals surface area contributed by atoms with Gasteiger partial charge in [-0.25, -0.2) is 9.97 Å². The maximum Gasteiger partial charge on any atom is 0.227 e. The summed E-state index contributed by atoms with van der Waals surface area (Å²) < 4.78 is 17.8. The predicted octanol–water partition coefficient (Wildman–Crippen LogP) is 20.4. The van der Waals surface area contributed by atoms with Gasteiger partial charge in [-0.3, -0.25) is 0 Å². The molecular weight excluding hydrogens is 1000 g/mol. The molecule has 0 spiro atoms. The highest BCUT2D eigenvalue weighted by Gasteiger charge is 2.20. The summed E-state index contributed by atoms with van der Waals surface area (Å²) in [5, 5.41) is 4.75. The Labute approximate surface area is 473 Å². The van der Waals surface area contributed by atoms with E-state index >= 15 is 0 Å². The second-order valence-corrected chi connectivity index (χ2v) is 21.5. The van der Waals surface area contributed by atoms with Crippen molar-refractivity contribution in [1.82, 2.24) is 19.1 Å². The Bertz CT molecular complexity index is 5140. The number of oxazole rings is 2. The van der Waals surface area contributed by atoms with Gasteiger partial charge in [0.05, 0.1) is 22.1 Å². The third-order valence-electron chi connectivity index (χ3n) is 16.3. The highest BCUT2D eigenvalue weighted by atomic mass is 16.4. The van der Waals surface area contributed by atoms with Crippen LogP contribution < -0.4 is 0 Å². The molecule has 4 aromatic heterocycles. The topological polar surface area (TPSA) is 61.9 Å². The van der Waals surface area contributed by atoms with Crippen LogP contribution in [0.4, 0.5) is 0 Å². The van der Waals surface area contributed by atoms with Crippen molar-refractivity contribution in [3.8, 4) is 89.9 Å². The third kappa shape index (κ3) is 8.03. The van der Waals surface area contributed by atoms with E-state index in [2.05, 4.69) is 260 Å². The molecule has 386 valence electrons. The van der Waals surface area contributed by atoms with E-state index in [4.69, 9.17) is 18.8 Å². The van der Waals surface area contributed by atoms with E-state index in [9.17, 15) is 0 Å². The van der Waals surface area contributed by atoms with Crippen LogP contribution in [0.2, 0.25) is 0 Å². The van der Waals surface area contributed by atoms with Crippen LogP contribution in [0.25, 0.3) is 156 Å². The molecule has 12 aromatic carbocycles. The molecule has 0 atom stereocenters. The van der Waals surface area contributed by atoms with Crippen molar-refractivity contribution in [2.24, 2.45) is 0 Å². The van der Waals surface area contributed by atoms with Crippen molar-refractivity contribution in [3.63, 3.8) is 0 Å². The molecule has 0 aliphatic rings. The molecule has 0 unspecified atom stereocenters. The van der Waals surface area contributed by atoms with Gasteiger partial charge < -0.3 is 18.0 Å². The summed E-state index contributed by atoms with van der Waals surface area (Å²) in [6.07, 6.45) is 0. The standard InChI is InChI=1S/C76H50N4O2/c1-47-22-31-59(32-23-47)79-69-36-27-53(49-12-4-3-5-13-49)42-63(69)64-44-55(29-38-70(64)79)52-16-11-17-58(41-52)75-77-68-35-26-56(46-74(68)82-75)51-15-10-14-50(40-51)54-28-37-71-65(43-54)66-45-57(30-39-72(66)80(71)60-33-24-48(2)25-34-60)61-18-6-7-19-62(61)76-78-67-20-8-9-21-73(67)81-76/h3-46H,1-2H3. The van der Waals surface area contributed by atoms with Crippen LogP contribution in [0.1, 0.15) is 11.1 Å². The highest BCUT2D eigenvalue weighted by Crippen LogP contribution is 2.42. The lowest BCUT2D eigenvalue weighted by atomic mass is 9.96. The first-order valence-corrected chi connectivity index (χ1v) is 27.8. The van der Waals surface area contributed by atoms with Gasteiger partial charge in [0, 0.05) is 44.0 Å². The van der Waals surface area contributed by atoms with E-state index in [0.717, 1.165) is 106 Å². The molecule has 0 saturated heterocycles. The molecule has 0 aliphatic carbocycles.